The molecule has 30 heavy (non-hydrogen) atoms. The fraction of sp³-hybridized carbons (Fsp3) is 0.524. The molecule has 1 aromatic carbocycles. The van der Waals surface area contributed by atoms with Crippen LogP contribution in [0.15, 0.2) is 35.9 Å². The molecule has 1 N–H and O–H groups in total. The molecule has 3 fully saturated rings. The molecule has 3 saturated heterocycles. The number of carbonyl (C=O) groups excluding carboxylic acids is 2. The number of piperidine rings is 3. The van der Waals surface area contributed by atoms with Crippen LogP contribution in [0.25, 0.3) is 0 Å². The normalized spacial score (nSPS) is 31.3. The second-order valence-corrected chi connectivity index (χ2v) is 7.97. The quantitative estimate of drug-likeness (QED) is 0.805. The van der Waals surface area contributed by atoms with Gasteiger partial charge in [0.15, 0.2) is 0 Å². The van der Waals surface area contributed by atoms with Gasteiger partial charge in [-0.2, -0.15) is 13.2 Å². The first-order valence-electron chi connectivity index (χ1n) is 9.97. The number of rotatable bonds is 4. The van der Waals surface area contributed by atoms with Crippen LogP contribution >= 0.6 is 0 Å². The summed E-state index contributed by atoms with van der Waals surface area (Å²) in [5, 5.41) is 3.13. The van der Waals surface area contributed by atoms with Gasteiger partial charge in [-0.05, 0) is 69.1 Å². The Morgan fingerprint density at radius 2 is 1.87 bits per heavy atom. The summed E-state index contributed by atoms with van der Waals surface area (Å²) < 4.78 is 48.2. The largest absolute Gasteiger partial charge is 0.457 e. The smallest absolute Gasteiger partial charge is 0.415 e. The Kier molecular flexibility index (Phi) is 5.59. The maximum Gasteiger partial charge on any atom is 0.415 e. The lowest BCUT2D eigenvalue weighted by atomic mass is 9.79. The molecule has 9 heteroatoms. The molecule has 0 radical (unpaired) electrons. The molecule has 4 aliphatic rings. The molecule has 4 aliphatic heterocycles. The Hall–Kier alpha value is -2.39. The predicted molar refractivity (Wildman–Crippen MR) is 101 cm³/mol. The van der Waals surface area contributed by atoms with Crippen molar-refractivity contribution in [1.29, 1.82) is 0 Å². The number of ketones is 1. The van der Waals surface area contributed by atoms with Gasteiger partial charge in [-0.3, -0.25) is 14.5 Å². The molecular formula is C21H23F3N2O4. The van der Waals surface area contributed by atoms with Crippen molar-refractivity contribution in [3.05, 3.63) is 41.5 Å². The van der Waals surface area contributed by atoms with E-state index in [4.69, 9.17) is 9.47 Å². The van der Waals surface area contributed by atoms with Crippen LogP contribution in [0.2, 0.25) is 0 Å². The van der Waals surface area contributed by atoms with Gasteiger partial charge in [0, 0.05) is 17.6 Å². The Bertz CT molecular complexity index is 843. The van der Waals surface area contributed by atoms with Crippen molar-refractivity contribution in [2.75, 3.05) is 19.7 Å². The maximum atomic E-state index is 12.7. The van der Waals surface area contributed by atoms with E-state index in [2.05, 4.69) is 17.1 Å². The molecular weight excluding hydrogens is 401 g/mol. The summed E-state index contributed by atoms with van der Waals surface area (Å²) in [5.74, 6) is -0.382. The third-order valence-electron chi connectivity index (χ3n) is 6.14. The Balaban J connectivity index is 1.36. The van der Waals surface area contributed by atoms with E-state index in [1.807, 2.05) is 0 Å². The van der Waals surface area contributed by atoms with Gasteiger partial charge in [-0.25, -0.2) is 0 Å². The number of hydrogen-bond donors (Lipinski definition) is 1. The lowest BCUT2D eigenvalue weighted by molar-refractivity contribution is -0.155. The molecule has 3 atom stereocenters. The highest BCUT2D eigenvalue weighted by Crippen LogP contribution is 2.32. The van der Waals surface area contributed by atoms with Gasteiger partial charge in [-0.1, -0.05) is 0 Å². The summed E-state index contributed by atoms with van der Waals surface area (Å²) in [4.78, 5) is 26.9. The number of hydrogen-bond acceptors (Lipinski definition) is 5. The van der Waals surface area contributed by atoms with Crippen molar-refractivity contribution >= 4 is 11.7 Å². The minimum Gasteiger partial charge on any atom is -0.457 e. The van der Waals surface area contributed by atoms with Crippen molar-refractivity contribution < 1.29 is 32.2 Å². The summed E-state index contributed by atoms with van der Waals surface area (Å²) >= 11 is 0. The van der Waals surface area contributed by atoms with Gasteiger partial charge in [0.25, 0.3) is 12.2 Å². The molecule has 4 heterocycles. The first kappa shape index (κ1) is 20.9. The molecule has 0 aliphatic carbocycles. The topological polar surface area (TPSA) is 67.9 Å². The number of nitrogens with one attached hydrogen (secondary N) is 1. The number of ether oxygens (including phenoxy) is 2. The molecule has 6 nitrogen and oxygen atoms in total. The number of benzene rings is 1. The summed E-state index contributed by atoms with van der Waals surface area (Å²) in [5.41, 5.74) is -0.595. The molecule has 1 aromatic rings. The standard InChI is InChI=1S/C21H23F3N2O4/c1-12-18(13-6-8-26(12)9-7-13)25-19(28)14-2-4-16(5-3-14)30-20-17(27)10-15(11-29-20)21(22,23)24/h2-5,10,12-13,18,20H,6-9,11H2,1H3,(H,25,28)/t12-,18-,20?/m0/s1. The summed E-state index contributed by atoms with van der Waals surface area (Å²) in [7, 11) is 0. The minimum absolute atomic E-state index is 0.110. The Morgan fingerprint density at radius 3 is 2.43 bits per heavy atom. The molecule has 0 saturated carbocycles. The van der Waals surface area contributed by atoms with E-state index in [1.165, 1.54) is 12.1 Å². The highest BCUT2D eigenvalue weighted by Gasteiger charge is 2.41. The third kappa shape index (κ3) is 4.22. The van der Waals surface area contributed by atoms with E-state index < -0.39 is 30.4 Å². The molecule has 0 aromatic heterocycles. The summed E-state index contributed by atoms with van der Waals surface area (Å²) in [6.07, 6.45) is -3.37. The molecule has 162 valence electrons. The Morgan fingerprint density at radius 1 is 1.20 bits per heavy atom. The summed E-state index contributed by atoms with van der Waals surface area (Å²) in [6, 6.07) is 6.51. The Labute approximate surface area is 172 Å². The van der Waals surface area contributed by atoms with Crippen LogP contribution in [0.1, 0.15) is 30.1 Å². The predicted octanol–water partition coefficient (Wildman–Crippen LogP) is 2.69. The number of amides is 1. The molecule has 1 unspecified atom stereocenters. The van der Waals surface area contributed by atoms with Crippen molar-refractivity contribution in [2.45, 2.75) is 44.3 Å². The molecule has 0 spiro atoms. The highest BCUT2D eigenvalue weighted by atomic mass is 19.4. The van der Waals surface area contributed by atoms with Crippen molar-refractivity contribution in [2.24, 2.45) is 5.92 Å². The van der Waals surface area contributed by atoms with Gasteiger partial charge in [-0.15, -0.1) is 0 Å². The van der Waals surface area contributed by atoms with Crippen molar-refractivity contribution in [3.63, 3.8) is 0 Å². The molecule has 2 bridgehead atoms. The van der Waals surface area contributed by atoms with E-state index in [0.29, 0.717) is 23.6 Å². The second kappa shape index (κ2) is 8.03. The van der Waals surface area contributed by atoms with Crippen LogP contribution in [-0.4, -0.2) is 60.8 Å². The monoisotopic (exact) mass is 424 g/mol. The summed E-state index contributed by atoms with van der Waals surface area (Å²) in [6.45, 7) is 3.53. The van der Waals surface area contributed by atoms with E-state index in [0.717, 1.165) is 25.9 Å². The fourth-order valence-corrected chi connectivity index (χ4v) is 4.37. The van der Waals surface area contributed by atoms with Crippen LogP contribution < -0.4 is 10.1 Å². The number of nitrogens with zero attached hydrogens (tertiary/aromatic N) is 1. The van der Waals surface area contributed by atoms with Crippen LogP contribution in [0.4, 0.5) is 13.2 Å². The van der Waals surface area contributed by atoms with Gasteiger partial charge in [0.05, 0.1) is 12.2 Å². The number of carbonyl (C=O) groups is 2. The lowest BCUT2D eigenvalue weighted by Gasteiger charge is -2.49. The van der Waals surface area contributed by atoms with Gasteiger partial charge < -0.3 is 14.8 Å². The first-order valence-corrected chi connectivity index (χ1v) is 9.97. The van der Waals surface area contributed by atoms with Crippen LogP contribution in [-0.2, 0) is 9.53 Å². The number of fused-ring (bicyclic) bond motifs is 3. The van der Waals surface area contributed by atoms with Crippen LogP contribution in [0.5, 0.6) is 5.75 Å². The van der Waals surface area contributed by atoms with E-state index in [9.17, 15) is 22.8 Å². The zero-order chi connectivity index (χ0) is 21.5. The average Bonchev–Trinajstić information content (AvgIpc) is 2.72. The van der Waals surface area contributed by atoms with Crippen molar-refractivity contribution in [3.8, 4) is 5.75 Å². The van der Waals surface area contributed by atoms with E-state index in [1.54, 1.807) is 12.1 Å². The van der Waals surface area contributed by atoms with Gasteiger partial charge >= 0.3 is 6.18 Å². The van der Waals surface area contributed by atoms with E-state index >= 15 is 0 Å². The third-order valence-corrected chi connectivity index (χ3v) is 6.14. The second-order valence-electron chi connectivity index (χ2n) is 7.97. The van der Waals surface area contributed by atoms with E-state index in [-0.39, 0.29) is 17.7 Å². The maximum absolute atomic E-state index is 12.7. The number of alkyl halides is 3. The fourth-order valence-electron chi connectivity index (χ4n) is 4.37. The average molecular weight is 424 g/mol. The first-order chi connectivity index (χ1) is 14.2. The minimum atomic E-state index is -4.61. The number of halogens is 3. The zero-order valence-electron chi connectivity index (χ0n) is 16.4. The lowest BCUT2D eigenvalue weighted by Crippen LogP contribution is -2.62. The SMILES string of the molecule is C[C@H]1[C@H](NC(=O)c2ccc(OC3OCC(C(F)(F)F)=CC3=O)cc2)C2CCN1CC2. The molecule has 1 amide bonds. The molecule has 5 rings (SSSR count). The van der Waals surface area contributed by atoms with Gasteiger partial charge in [0.1, 0.15) is 5.75 Å². The highest BCUT2D eigenvalue weighted by molar-refractivity contribution is 5.95. The zero-order valence-corrected chi connectivity index (χ0v) is 16.4. The van der Waals surface area contributed by atoms with Crippen molar-refractivity contribution in [1.82, 2.24) is 10.2 Å². The van der Waals surface area contributed by atoms with Crippen LogP contribution in [0.3, 0.4) is 0 Å². The van der Waals surface area contributed by atoms with Crippen LogP contribution in [0, 0.1) is 5.92 Å². The van der Waals surface area contributed by atoms with Gasteiger partial charge in [0.2, 0.25) is 5.78 Å².